The largest absolute Gasteiger partial charge is 0.416 e. The van der Waals surface area contributed by atoms with Crippen molar-refractivity contribution in [1.29, 1.82) is 0 Å². The van der Waals surface area contributed by atoms with Crippen molar-refractivity contribution in [2.24, 2.45) is 5.92 Å². The highest BCUT2D eigenvalue weighted by Crippen LogP contribution is 2.42. The lowest BCUT2D eigenvalue weighted by molar-refractivity contribution is 0.584. The fourth-order valence-electron chi connectivity index (χ4n) is 8.87. The van der Waals surface area contributed by atoms with Crippen LogP contribution >= 0.6 is 0 Å². The van der Waals surface area contributed by atoms with E-state index in [1.165, 1.54) is 71.9 Å². The van der Waals surface area contributed by atoms with Gasteiger partial charge in [0.05, 0.1) is 11.0 Å². The van der Waals surface area contributed by atoms with Gasteiger partial charge in [0.2, 0.25) is 11.8 Å². The van der Waals surface area contributed by atoms with Crippen LogP contribution in [0.15, 0.2) is 199 Å². The first-order valence-electron chi connectivity index (χ1n) is 20.9. The summed E-state index contributed by atoms with van der Waals surface area (Å²) in [5.74, 6) is 1.52. The lowest BCUT2D eigenvalue weighted by Crippen LogP contribution is -2.00. The highest BCUT2D eigenvalue weighted by atomic mass is 16.4. The molecule has 1 aliphatic carbocycles. The molecular formula is C56H45N3O. The van der Waals surface area contributed by atoms with E-state index in [1.54, 1.807) is 0 Å². The van der Waals surface area contributed by atoms with Crippen LogP contribution in [-0.2, 0) is 6.42 Å². The molecule has 1 aliphatic rings. The van der Waals surface area contributed by atoms with Crippen LogP contribution in [0.3, 0.4) is 0 Å². The predicted molar refractivity (Wildman–Crippen MR) is 250 cm³/mol. The van der Waals surface area contributed by atoms with Crippen molar-refractivity contribution in [3.8, 4) is 62.0 Å². The smallest absolute Gasteiger partial charge is 0.248 e. The summed E-state index contributed by atoms with van der Waals surface area (Å²) in [5, 5.41) is 11.2. The Labute approximate surface area is 351 Å². The average Bonchev–Trinajstić information content (AvgIpc) is 3.93. The quantitative estimate of drug-likeness (QED) is 0.139. The molecule has 0 atom stereocenters. The summed E-state index contributed by atoms with van der Waals surface area (Å²) in [6, 6.07) is 58.8. The second-order valence-corrected chi connectivity index (χ2v) is 16.1. The zero-order valence-electron chi connectivity index (χ0n) is 34.0. The van der Waals surface area contributed by atoms with Gasteiger partial charge in [0.15, 0.2) is 0 Å². The van der Waals surface area contributed by atoms with Gasteiger partial charge in [-0.3, -0.25) is 0 Å². The number of hydrogen-bond acceptors (Lipinski definition) is 3. The van der Waals surface area contributed by atoms with Gasteiger partial charge in [-0.1, -0.05) is 148 Å². The van der Waals surface area contributed by atoms with Crippen LogP contribution in [0.25, 0.3) is 89.4 Å². The SMILES string of the molecule is C=CC1=CC(c2ccc3c(c2)c2ccccc2n3-c2ccc(-c3c(CC(C)C)cccc3-c3ccccc3-c3ccc(-c4nnc(-c5ccccc5)o4)cc3)cc2)=CCC1. The maximum absolute atomic E-state index is 6.08. The van der Waals surface area contributed by atoms with Gasteiger partial charge in [-0.2, -0.15) is 0 Å². The van der Waals surface area contributed by atoms with Crippen molar-refractivity contribution in [3.63, 3.8) is 0 Å². The van der Waals surface area contributed by atoms with Gasteiger partial charge in [-0.05, 0) is 135 Å². The standard InChI is InChI=1S/C56H45N3O/c1-4-38-14-12-17-43(35-38)44-30-33-53-51(36-44)49-21-10-11-23-52(49)59(53)46-31-28-40(29-32-46)54-45(34-37(2)3)18-13-22-50(54)48-20-9-8-19-47(48)39-24-26-42(27-25-39)56-58-57-55(60-56)41-15-6-5-7-16-41/h4-11,13,15-33,35-37H,1,12,14,34H2,2-3H3. The number of nitrogens with zero attached hydrogens (tertiary/aromatic N) is 3. The van der Waals surface area contributed by atoms with Crippen LogP contribution in [0.4, 0.5) is 0 Å². The molecule has 290 valence electrons. The van der Waals surface area contributed by atoms with Crippen molar-refractivity contribution in [2.75, 3.05) is 0 Å². The second kappa shape index (κ2) is 15.8. The molecule has 0 radical (unpaired) electrons. The number of para-hydroxylation sites is 1. The van der Waals surface area contributed by atoms with Gasteiger partial charge < -0.3 is 8.98 Å². The molecule has 0 saturated heterocycles. The van der Waals surface area contributed by atoms with E-state index in [9.17, 15) is 0 Å². The third-order valence-corrected chi connectivity index (χ3v) is 11.7. The first-order chi connectivity index (χ1) is 29.5. The number of rotatable bonds is 10. The number of fused-ring (bicyclic) bond motifs is 3. The Balaban J connectivity index is 1.03. The molecule has 0 aliphatic heterocycles. The molecule has 2 aromatic heterocycles. The molecular weight excluding hydrogens is 731 g/mol. The van der Waals surface area contributed by atoms with Crippen LogP contribution in [0.2, 0.25) is 0 Å². The monoisotopic (exact) mass is 775 g/mol. The molecule has 4 nitrogen and oxygen atoms in total. The van der Waals surface area contributed by atoms with Gasteiger partial charge in [0.1, 0.15) is 0 Å². The zero-order valence-corrected chi connectivity index (χ0v) is 34.0. The average molecular weight is 776 g/mol. The van der Waals surface area contributed by atoms with Crippen molar-refractivity contribution >= 4 is 27.4 Å². The van der Waals surface area contributed by atoms with E-state index in [0.29, 0.717) is 17.7 Å². The minimum Gasteiger partial charge on any atom is -0.416 e. The Morgan fingerprint density at radius 1 is 0.600 bits per heavy atom. The van der Waals surface area contributed by atoms with Crippen LogP contribution in [-0.4, -0.2) is 14.8 Å². The van der Waals surface area contributed by atoms with Crippen LogP contribution in [0.1, 0.15) is 37.8 Å². The molecule has 0 fully saturated rings. The summed E-state index contributed by atoms with van der Waals surface area (Å²) in [4.78, 5) is 0. The molecule has 60 heavy (non-hydrogen) atoms. The highest BCUT2D eigenvalue weighted by molar-refractivity contribution is 6.10. The van der Waals surface area contributed by atoms with Crippen LogP contribution < -0.4 is 0 Å². The van der Waals surface area contributed by atoms with Crippen molar-refractivity contribution in [1.82, 2.24) is 14.8 Å². The first kappa shape index (κ1) is 37.0. The van der Waals surface area contributed by atoms with Gasteiger partial charge >= 0.3 is 0 Å². The van der Waals surface area contributed by atoms with E-state index in [-0.39, 0.29) is 0 Å². The van der Waals surface area contributed by atoms with Crippen molar-refractivity contribution in [2.45, 2.75) is 33.1 Å². The number of benzene rings is 7. The summed E-state index contributed by atoms with van der Waals surface area (Å²) in [6.07, 6.45) is 9.70. The molecule has 0 bridgehead atoms. The molecule has 0 spiro atoms. The van der Waals surface area contributed by atoms with E-state index >= 15 is 0 Å². The molecule has 10 rings (SSSR count). The van der Waals surface area contributed by atoms with Gasteiger partial charge in [0.25, 0.3) is 0 Å². The van der Waals surface area contributed by atoms with E-state index in [0.717, 1.165) is 41.6 Å². The van der Waals surface area contributed by atoms with Crippen LogP contribution in [0, 0.1) is 5.92 Å². The Kier molecular flexibility index (Phi) is 9.75. The van der Waals surface area contributed by atoms with Gasteiger partial charge in [-0.15, -0.1) is 10.2 Å². The lowest BCUT2D eigenvalue weighted by atomic mass is 9.85. The second-order valence-electron chi connectivity index (χ2n) is 16.1. The van der Waals surface area contributed by atoms with Gasteiger partial charge in [-0.25, -0.2) is 0 Å². The molecule has 0 unspecified atom stereocenters. The summed E-state index contributed by atoms with van der Waals surface area (Å²) in [6.45, 7) is 8.63. The van der Waals surface area contributed by atoms with E-state index < -0.39 is 0 Å². The Bertz CT molecular complexity index is 3090. The fraction of sp³-hybridized carbons (Fsp3) is 0.107. The highest BCUT2D eigenvalue weighted by Gasteiger charge is 2.19. The number of aromatic nitrogens is 3. The predicted octanol–water partition coefficient (Wildman–Crippen LogP) is 15.0. The van der Waals surface area contributed by atoms with E-state index in [2.05, 4.69) is 181 Å². The minimum absolute atomic E-state index is 0.499. The maximum Gasteiger partial charge on any atom is 0.248 e. The fourth-order valence-corrected chi connectivity index (χ4v) is 8.87. The molecule has 7 aromatic carbocycles. The lowest BCUT2D eigenvalue weighted by Gasteiger charge is -2.20. The molecule has 9 aromatic rings. The summed E-state index contributed by atoms with van der Waals surface area (Å²) < 4.78 is 8.49. The minimum atomic E-state index is 0.499. The molecule has 4 heteroatoms. The maximum atomic E-state index is 6.08. The summed E-state index contributed by atoms with van der Waals surface area (Å²) >= 11 is 0. The van der Waals surface area contributed by atoms with Crippen LogP contribution in [0.5, 0.6) is 0 Å². The number of hydrogen-bond donors (Lipinski definition) is 0. The third-order valence-electron chi connectivity index (χ3n) is 11.7. The van der Waals surface area contributed by atoms with Crippen molar-refractivity contribution < 1.29 is 4.42 Å². The molecule has 0 saturated carbocycles. The summed E-state index contributed by atoms with van der Waals surface area (Å²) in [5.41, 5.74) is 17.7. The van der Waals surface area contributed by atoms with Crippen molar-refractivity contribution in [3.05, 3.63) is 205 Å². The zero-order chi connectivity index (χ0) is 40.6. The van der Waals surface area contributed by atoms with E-state index in [1.807, 2.05) is 36.4 Å². The summed E-state index contributed by atoms with van der Waals surface area (Å²) in [7, 11) is 0. The third kappa shape index (κ3) is 6.90. The van der Waals surface area contributed by atoms with Gasteiger partial charge in [0, 0.05) is 27.6 Å². The number of allylic oxidation sites excluding steroid dienone is 5. The first-order valence-corrected chi connectivity index (χ1v) is 20.9. The van der Waals surface area contributed by atoms with E-state index in [4.69, 9.17) is 4.42 Å². The Morgan fingerprint density at radius 3 is 2.00 bits per heavy atom. The molecule has 0 N–H and O–H groups in total. The molecule has 0 amide bonds. The molecule has 2 heterocycles. The topological polar surface area (TPSA) is 43.9 Å². The Morgan fingerprint density at radius 2 is 1.23 bits per heavy atom. The normalized spacial score (nSPS) is 12.8. The Hall–Kier alpha value is -7.30.